The molecule has 0 N–H and O–H groups in total. The Labute approximate surface area is 81.0 Å². The van der Waals surface area contributed by atoms with Gasteiger partial charge in [0.1, 0.15) is 0 Å². The van der Waals surface area contributed by atoms with E-state index in [1.54, 1.807) is 0 Å². The second kappa shape index (κ2) is 4.45. The topological polar surface area (TPSA) is 17.8 Å². The third kappa shape index (κ3) is 2.11. The molecule has 0 aliphatic carbocycles. The zero-order valence-electron chi connectivity index (χ0n) is 9.22. The summed E-state index contributed by atoms with van der Waals surface area (Å²) >= 11 is 0. The monoisotopic (exact) mass is 180 g/mol. The van der Waals surface area contributed by atoms with Crippen molar-refractivity contribution in [2.75, 3.05) is 0 Å². The maximum atomic E-state index is 4.50. The molecule has 0 saturated carbocycles. The molecule has 0 spiro atoms. The molecule has 74 valence electrons. The van der Waals surface area contributed by atoms with Crippen LogP contribution in [0, 0.1) is 6.92 Å². The first-order valence-electron chi connectivity index (χ1n) is 5.22. The molecular weight excluding hydrogens is 160 g/mol. The van der Waals surface area contributed by atoms with E-state index in [1.165, 1.54) is 36.2 Å². The Hall–Kier alpha value is -0.790. The van der Waals surface area contributed by atoms with Gasteiger partial charge in [0.2, 0.25) is 0 Å². The van der Waals surface area contributed by atoms with Crippen molar-refractivity contribution in [3.05, 3.63) is 17.0 Å². The maximum Gasteiger partial charge on any atom is 0.0653 e. The first-order valence-corrected chi connectivity index (χ1v) is 5.22. The van der Waals surface area contributed by atoms with E-state index in [9.17, 15) is 0 Å². The molecule has 1 rings (SSSR count). The fourth-order valence-corrected chi connectivity index (χ4v) is 1.76. The third-order valence-electron chi connectivity index (χ3n) is 2.63. The minimum atomic E-state index is 1.05. The molecule has 0 aliphatic heterocycles. The molecule has 2 nitrogen and oxygen atoms in total. The van der Waals surface area contributed by atoms with Crippen LogP contribution >= 0.6 is 0 Å². The number of rotatable bonds is 4. The van der Waals surface area contributed by atoms with Gasteiger partial charge in [0.25, 0.3) is 0 Å². The van der Waals surface area contributed by atoms with Gasteiger partial charge in [-0.15, -0.1) is 0 Å². The molecule has 0 atom stereocenters. The van der Waals surface area contributed by atoms with Gasteiger partial charge in [-0.1, -0.05) is 20.3 Å². The van der Waals surface area contributed by atoms with Crippen molar-refractivity contribution in [1.82, 2.24) is 9.78 Å². The van der Waals surface area contributed by atoms with E-state index in [-0.39, 0.29) is 0 Å². The molecule has 1 aromatic heterocycles. The summed E-state index contributed by atoms with van der Waals surface area (Å²) < 4.78 is 2.05. The second-order valence-electron chi connectivity index (χ2n) is 3.60. The van der Waals surface area contributed by atoms with E-state index >= 15 is 0 Å². The first-order chi connectivity index (χ1) is 6.20. The van der Waals surface area contributed by atoms with Crippen LogP contribution in [0.2, 0.25) is 0 Å². The summed E-state index contributed by atoms with van der Waals surface area (Å²) in [5.41, 5.74) is 4.07. The Morgan fingerprint density at radius 1 is 1.31 bits per heavy atom. The molecule has 0 bridgehead atoms. The number of hydrogen-bond acceptors (Lipinski definition) is 1. The number of aromatic nitrogens is 2. The molecule has 0 radical (unpaired) electrons. The predicted octanol–water partition coefficient (Wildman–Crippen LogP) is 2.63. The molecular formula is C11H20N2. The Morgan fingerprint density at radius 3 is 2.46 bits per heavy atom. The summed E-state index contributed by atoms with van der Waals surface area (Å²) in [5, 5.41) is 4.50. The minimum absolute atomic E-state index is 1.05. The van der Waals surface area contributed by atoms with Gasteiger partial charge in [0.15, 0.2) is 0 Å². The zero-order chi connectivity index (χ0) is 9.84. The SMILES string of the molecule is CCCCc1c(C)c(CC)nn1C. The van der Waals surface area contributed by atoms with Crippen molar-refractivity contribution in [2.24, 2.45) is 7.05 Å². The summed E-state index contributed by atoms with van der Waals surface area (Å²) in [7, 11) is 2.05. The van der Waals surface area contributed by atoms with Crippen LogP contribution in [0.3, 0.4) is 0 Å². The van der Waals surface area contributed by atoms with Crippen LogP contribution in [0.4, 0.5) is 0 Å². The van der Waals surface area contributed by atoms with Gasteiger partial charge in [0.05, 0.1) is 5.69 Å². The Morgan fingerprint density at radius 2 is 2.00 bits per heavy atom. The lowest BCUT2D eigenvalue weighted by atomic mass is 10.1. The van der Waals surface area contributed by atoms with Crippen LogP contribution in [0.5, 0.6) is 0 Å². The summed E-state index contributed by atoms with van der Waals surface area (Å²) in [5.74, 6) is 0. The summed E-state index contributed by atoms with van der Waals surface area (Å²) in [6, 6.07) is 0. The van der Waals surface area contributed by atoms with Gasteiger partial charge in [-0.05, 0) is 31.7 Å². The lowest BCUT2D eigenvalue weighted by Crippen LogP contribution is -1.99. The zero-order valence-corrected chi connectivity index (χ0v) is 9.22. The average Bonchev–Trinajstić information content (AvgIpc) is 2.39. The van der Waals surface area contributed by atoms with Crippen LogP contribution in [-0.4, -0.2) is 9.78 Å². The molecule has 1 heterocycles. The van der Waals surface area contributed by atoms with Crippen LogP contribution in [0.15, 0.2) is 0 Å². The average molecular weight is 180 g/mol. The van der Waals surface area contributed by atoms with Crippen molar-refractivity contribution >= 4 is 0 Å². The first kappa shape index (κ1) is 10.3. The summed E-state index contributed by atoms with van der Waals surface area (Å²) in [6.07, 6.45) is 4.74. The lowest BCUT2D eigenvalue weighted by Gasteiger charge is -2.01. The molecule has 0 fully saturated rings. The third-order valence-corrected chi connectivity index (χ3v) is 2.63. The number of aryl methyl sites for hydroxylation is 2. The van der Waals surface area contributed by atoms with Crippen molar-refractivity contribution in [3.8, 4) is 0 Å². The van der Waals surface area contributed by atoms with Gasteiger partial charge in [0, 0.05) is 12.7 Å². The molecule has 0 aliphatic rings. The van der Waals surface area contributed by atoms with E-state index in [4.69, 9.17) is 0 Å². The van der Waals surface area contributed by atoms with Crippen LogP contribution in [-0.2, 0) is 19.9 Å². The van der Waals surface area contributed by atoms with Gasteiger partial charge in [-0.2, -0.15) is 5.10 Å². The van der Waals surface area contributed by atoms with E-state index < -0.39 is 0 Å². The van der Waals surface area contributed by atoms with Gasteiger partial charge >= 0.3 is 0 Å². The van der Waals surface area contributed by atoms with Crippen molar-refractivity contribution < 1.29 is 0 Å². The second-order valence-corrected chi connectivity index (χ2v) is 3.60. The molecule has 13 heavy (non-hydrogen) atoms. The fourth-order valence-electron chi connectivity index (χ4n) is 1.76. The van der Waals surface area contributed by atoms with Crippen LogP contribution in [0.25, 0.3) is 0 Å². The van der Waals surface area contributed by atoms with Crippen molar-refractivity contribution in [3.63, 3.8) is 0 Å². The predicted molar refractivity (Wildman–Crippen MR) is 55.9 cm³/mol. The van der Waals surface area contributed by atoms with E-state index in [1.807, 2.05) is 4.68 Å². The Balaban J connectivity index is 2.85. The molecule has 0 unspecified atom stereocenters. The number of nitrogens with zero attached hydrogens (tertiary/aromatic N) is 2. The van der Waals surface area contributed by atoms with Crippen LogP contribution < -0.4 is 0 Å². The van der Waals surface area contributed by atoms with Crippen molar-refractivity contribution in [2.45, 2.75) is 46.5 Å². The highest BCUT2D eigenvalue weighted by Gasteiger charge is 2.09. The molecule has 2 heteroatoms. The number of hydrogen-bond donors (Lipinski definition) is 0. The maximum absolute atomic E-state index is 4.50. The highest BCUT2D eigenvalue weighted by molar-refractivity contribution is 5.24. The van der Waals surface area contributed by atoms with Crippen LogP contribution in [0.1, 0.15) is 43.6 Å². The Kier molecular flexibility index (Phi) is 3.52. The molecule has 0 aromatic carbocycles. The minimum Gasteiger partial charge on any atom is -0.272 e. The molecule has 0 saturated heterocycles. The largest absolute Gasteiger partial charge is 0.272 e. The van der Waals surface area contributed by atoms with E-state index in [2.05, 4.69) is 32.9 Å². The lowest BCUT2D eigenvalue weighted by molar-refractivity contribution is 0.668. The summed E-state index contributed by atoms with van der Waals surface area (Å²) in [4.78, 5) is 0. The summed E-state index contributed by atoms with van der Waals surface area (Å²) in [6.45, 7) is 6.59. The standard InChI is InChI=1S/C11H20N2/c1-5-7-8-11-9(3)10(6-2)12-13(11)4/h5-8H2,1-4H3. The van der Waals surface area contributed by atoms with Gasteiger partial charge < -0.3 is 0 Å². The molecule has 1 aromatic rings. The van der Waals surface area contributed by atoms with E-state index in [0.29, 0.717) is 0 Å². The highest BCUT2D eigenvalue weighted by atomic mass is 15.3. The van der Waals surface area contributed by atoms with E-state index in [0.717, 1.165) is 6.42 Å². The van der Waals surface area contributed by atoms with Gasteiger partial charge in [-0.25, -0.2) is 0 Å². The highest BCUT2D eigenvalue weighted by Crippen LogP contribution is 2.15. The number of unbranched alkanes of at least 4 members (excludes halogenated alkanes) is 1. The Bertz CT molecular complexity index is 274. The van der Waals surface area contributed by atoms with Gasteiger partial charge in [-0.3, -0.25) is 4.68 Å². The molecule has 0 amide bonds. The fraction of sp³-hybridized carbons (Fsp3) is 0.727. The smallest absolute Gasteiger partial charge is 0.0653 e. The van der Waals surface area contributed by atoms with Crippen molar-refractivity contribution in [1.29, 1.82) is 0 Å². The quantitative estimate of drug-likeness (QED) is 0.696. The normalized spacial score (nSPS) is 10.8.